The highest BCUT2D eigenvalue weighted by Gasteiger charge is 2.21. The van der Waals surface area contributed by atoms with Crippen molar-refractivity contribution in [2.75, 3.05) is 44.4 Å². The van der Waals surface area contributed by atoms with Gasteiger partial charge in [-0.25, -0.2) is 4.98 Å². The van der Waals surface area contributed by atoms with Crippen molar-refractivity contribution in [3.63, 3.8) is 0 Å². The Kier molecular flexibility index (Phi) is 5.96. The Balaban J connectivity index is 2.68. The largest absolute Gasteiger partial charge is 0.387 e. The Morgan fingerprint density at radius 1 is 1.42 bits per heavy atom. The molecule has 1 aromatic rings. The summed E-state index contributed by atoms with van der Waals surface area (Å²) in [5, 5.41) is 16.4. The average molecular weight is 332 g/mol. The van der Waals surface area contributed by atoms with Crippen LogP contribution in [0.4, 0.5) is 11.8 Å². The second-order valence-corrected chi connectivity index (χ2v) is 5.86. The van der Waals surface area contributed by atoms with Gasteiger partial charge in [-0.05, 0) is 43.9 Å². The lowest BCUT2D eigenvalue weighted by Crippen LogP contribution is -2.43. The summed E-state index contributed by atoms with van der Waals surface area (Å²) in [5.74, 6) is 1.24. The molecule has 1 heterocycles. The van der Waals surface area contributed by atoms with Gasteiger partial charge < -0.3 is 20.6 Å². The molecular formula is C12H22BrN5O. The summed E-state index contributed by atoms with van der Waals surface area (Å²) in [6, 6.07) is 0. The van der Waals surface area contributed by atoms with Crippen molar-refractivity contribution in [3.05, 3.63) is 10.7 Å². The van der Waals surface area contributed by atoms with Crippen molar-refractivity contribution < 1.29 is 5.11 Å². The normalized spacial score (nSPS) is 14.3. The van der Waals surface area contributed by atoms with Gasteiger partial charge in [-0.15, -0.1) is 0 Å². The summed E-state index contributed by atoms with van der Waals surface area (Å²) in [4.78, 5) is 10.4. The highest BCUT2D eigenvalue weighted by Crippen LogP contribution is 2.20. The lowest BCUT2D eigenvalue weighted by atomic mass is 10.1. The predicted molar refractivity (Wildman–Crippen MR) is 81.6 cm³/mol. The van der Waals surface area contributed by atoms with Crippen LogP contribution >= 0.6 is 15.9 Å². The van der Waals surface area contributed by atoms with Gasteiger partial charge in [-0.2, -0.15) is 4.98 Å². The molecule has 0 radical (unpaired) electrons. The first-order valence-corrected chi connectivity index (χ1v) is 7.01. The minimum absolute atomic E-state index is 0.409. The van der Waals surface area contributed by atoms with E-state index in [0.717, 1.165) is 11.0 Å². The van der Waals surface area contributed by atoms with Crippen molar-refractivity contribution in [1.29, 1.82) is 0 Å². The maximum atomic E-state index is 10.2. The molecule has 1 atom stereocenters. The molecule has 0 fully saturated rings. The average Bonchev–Trinajstić information content (AvgIpc) is 2.28. The SMILES string of the molecule is CCNc1ncc(Br)c(NCC(C)(O)CN(C)C)n1. The molecule has 0 aromatic carbocycles. The van der Waals surface area contributed by atoms with E-state index in [0.29, 0.717) is 24.9 Å². The molecule has 0 saturated carbocycles. The fraction of sp³-hybridized carbons (Fsp3) is 0.667. The number of likely N-dealkylation sites (N-methyl/N-ethyl adjacent to an activating group) is 1. The molecule has 0 aliphatic heterocycles. The van der Waals surface area contributed by atoms with Gasteiger partial charge in [-0.3, -0.25) is 0 Å². The van der Waals surface area contributed by atoms with Crippen molar-refractivity contribution in [2.24, 2.45) is 0 Å². The number of anilines is 2. The maximum absolute atomic E-state index is 10.2. The zero-order chi connectivity index (χ0) is 14.5. The van der Waals surface area contributed by atoms with Crippen LogP contribution in [-0.4, -0.2) is 59.3 Å². The Morgan fingerprint density at radius 2 is 2.11 bits per heavy atom. The summed E-state index contributed by atoms with van der Waals surface area (Å²) in [5.41, 5.74) is -0.827. The zero-order valence-electron chi connectivity index (χ0n) is 11.9. The molecule has 19 heavy (non-hydrogen) atoms. The van der Waals surface area contributed by atoms with E-state index in [1.54, 1.807) is 13.1 Å². The number of nitrogens with one attached hydrogen (secondary N) is 2. The summed E-state index contributed by atoms with van der Waals surface area (Å²) in [6.07, 6.45) is 1.69. The number of aromatic nitrogens is 2. The molecule has 0 bridgehead atoms. The van der Waals surface area contributed by atoms with Gasteiger partial charge in [0, 0.05) is 25.8 Å². The molecular weight excluding hydrogens is 310 g/mol. The van der Waals surface area contributed by atoms with Gasteiger partial charge in [0.05, 0.1) is 10.1 Å². The minimum atomic E-state index is -0.827. The van der Waals surface area contributed by atoms with Gasteiger partial charge >= 0.3 is 0 Å². The smallest absolute Gasteiger partial charge is 0.224 e. The number of rotatable bonds is 7. The van der Waals surface area contributed by atoms with Crippen LogP contribution in [0.5, 0.6) is 0 Å². The number of hydrogen-bond acceptors (Lipinski definition) is 6. The Morgan fingerprint density at radius 3 is 2.68 bits per heavy atom. The van der Waals surface area contributed by atoms with Gasteiger partial charge in [0.2, 0.25) is 5.95 Å². The molecule has 7 heteroatoms. The lowest BCUT2D eigenvalue weighted by Gasteiger charge is -2.27. The van der Waals surface area contributed by atoms with E-state index in [1.165, 1.54) is 0 Å². The van der Waals surface area contributed by atoms with E-state index in [-0.39, 0.29) is 0 Å². The predicted octanol–water partition coefficient (Wildman–Crippen LogP) is 1.40. The first-order chi connectivity index (χ1) is 8.84. The van der Waals surface area contributed by atoms with Crippen LogP contribution in [0.25, 0.3) is 0 Å². The standard InChI is InChI=1S/C12H22BrN5O/c1-5-14-11-15-6-9(13)10(17-11)16-7-12(2,19)8-18(3)4/h6,19H,5,7-8H2,1-4H3,(H2,14,15,16,17). The molecule has 1 unspecified atom stereocenters. The molecule has 1 rings (SSSR count). The Bertz CT molecular complexity index is 411. The first kappa shape index (κ1) is 16.1. The molecule has 0 saturated heterocycles. The molecule has 6 nitrogen and oxygen atoms in total. The van der Waals surface area contributed by atoms with Gasteiger partial charge in [0.15, 0.2) is 0 Å². The fourth-order valence-electron chi connectivity index (χ4n) is 1.75. The van der Waals surface area contributed by atoms with E-state index in [2.05, 4.69) is 36.5 Å². The van der Waals surface area contributed by atoms with Crippen molar-refractivity contribution >= 4 is 27.7 Å². The van der Waals surface area contributed by atoms with E-state index in [4.69, 9.17) is 0 Å². The topological polar surface area (TPSA) is 73.3 Å². The number of aliphatic hydroxyl groups is 1. The van der Waals surface area contributed by atoms with Crippen LogP contribution in [0.1, 0.15) is 13.8 Å². The Labute approximate surface area is 122 Å². The van der Waals surface area contributed by atoms with Crippen LogP contribution in [0.15, 0.2) is 10.7 Å². The summed E-state index contributed by atoms with van der Waals surface area (Å²) >= 11 is 3.39. The van der Waals surface area contributed by atoms with Crippen LogP contribution in [0, 0.1) is 0 Å². The monoisotopic (exact) mass is 331 g/mol. The van der Waals surface area contributed by atoms with Crippen LogP contribution in [0.2, 0.25) is 0 Å². The third kappa shape index (κ3) is 5.71. The van der Waals surface area contributed by atoms with E-state index in [1.807, 2.05) is 25.9 Å². The second-order valence-electron chi connectivity index (χ2n) is 5.01. The molecule has 108 valence electrons. The summed E-state index contributed by atoms with van der Waals surface area (Å²) in [6.45, 7) is 5.52. The third-order valence-corrected chi connectivity index (χ3v) is 2.95. The first-order valence-electron chi connectivity index (χ1n) is 6.21. The minimum Gasteiger partial charge on any atom is -0.387 e. The molecule has 0 aliphatic rings. The van der Waals surface area contributed by atoms with E-state index < -0.39 is 5.60 Å². The quantitative estimate of drug-likeness (QED) is 0.701. The van der Waals surface area contributed by atoms with Gasteiger partial charge in [0.1, 0.15) is 5.82 Å². The van der Waals surface area contributed by atoms with Crippen LogP contribution in [-0.2, 0) is 0 Å². The molecule has 0 aliphatic carbocycles. The van der Waals surface area contributed by atoms with Crippen molar-refractivity contribution in [3.8, 4) is 0 Å². The number of nitrogens with zero attached hydrogens (tertiary/aromatic N) is 3. The lowest BCUT2D eigenvalue weighted by molar-refractivity contribution is 0.0459. The van der Waals surface area contributed by atoms with E-state index >= 15 is 0 Å². The van der Waals surface area contributed by atoms with Crippen molar-refractivity contribution in [1.82, 2.24) is 14.9 Å². The second kappa shape index (κ2) is 7.02. The van der Waals surface area contributed by atoms with Gasteiger partial charge in [-0.1, -0.05) is 0 Å². The summed E-state index contributed by atoms with van der Waals surface area (Å²) in [7, 11) is 3.86. The maximum Gasteiger partial charge on any atom is 0.224 e. The molecule has 3 N–H and O–H groups in total. The van der Waals surface area contributed by atoms with Crippen molar-refractivity contribution in [2.45, 2.75) is 19.4 Å². The highest BCUT2D eigenvalue weighted by molar-refractivity contribution is 9.10. The molecule has 0 spiro atoms. The molecule has 1 aromatic heterocycles. The van der Waals surface area contributed by atoms with Crippen LogP contribution < -0.4 is 10.6 Å². The zero-order valence-corrected chi connectivity index (χ0v) is 13.5. The number of halogens is 1. The Hall–Kier alpha value is -0.920. The number of hydrogen-bond donors (Lipinski definition) is 3. The summed E-state index contributed by atoms with van der Waals surface area (Å²) < 4.78 is 0.773. The molecule has 0 amide bonds. The van der Waals surface area contributed by atoms with E-state index in [9.17, 15) is 5.11 Å². The highest BCUT2D eigenvalue weighted by atomic mass is 79.9. The van der Waals surface area contributed by atoms with Gasteiger partial charge in [0.25, 0.3) is 0 Å². The fourth-order valence-corrected chi connectivity index (χ4v) is 2.08. The third-order valence-electron chi connectivity index (χ3n) is 2.37. The van der Waals surface area contributed by atoms with Crippen LogP contribution in [0.3, 0.4) is 0 Å².